The second-order valence-electron chi connectivity index (χ2n) is 5.42. The van der Waals surface area contributed by atoms with Crippen LogP contribution in [-0.2, 0) is 9.53 Å². The van der Waals surface area contributed by atoms with Gasteiger partial charge in [0, 0.05) is 5.92 Å². The average molecular weight is 284 g/mol. The molecule has 1 aliphatic carbocycles. The number of ketones is 1. The number of carbonyl (C=O) groups excluding carboxylic acids is 1. The summed E-state index contributed by atoms with van der Waals surface area (Å²) in [6.45, 7) is 1.92. The molecule has 1 rings (SSSR count). The zero-order valence-corrected chi connectivity index (χ0v) is 11.2. The number of alkyl halides is 4. The van der Waals surface area contributed by atoms with E-state index >= 15 is 0 Å². The number of hydrogen-bond acceptors (Lipinski definition) is 2. The Hall–Kier alpha value is -0.650. The first-order valence-corrected chi connectivity index (χ1v) is 6.55. The molecule has 0 radical (unpaired) electrons. The number of rotatable bonds is 6. The molecule has 1 aliphatic rings. The summed E-state index contributed by atoms with van der Waals surface area (Å²) in [6.07, 6.45) is -0.812. The molecule has 0 aromatic rings. The first kappa shape index (κ1) is 16.4. The van der Waals surface area contributed by atoms with E-state index in [1.165, 1.54) is 0 Å². The fraction of sp³-hybridized carbons (Fsp3) is 0.923. The van der Waals surface area contributed by atoms with Gasteiger partial charge in [0.15, 0.2) is 5.78 Å². The van der Waals surface area contributed by atoms with Gasteiger partial charge >= 0.3 is 12.3 Å². The van der Waals surface area contributed by atoms with E-state index in [0.29, 0.717) is 25.7 Å². The number of halogens is 4. The lowest BCUT2D eigenvalue weighted by atomic mass is 9.78. The Morgan fingerprint density at radius 3 is 2.16 bits per heavy atom. The van der Waals surface area contributed by atoms with Crippen molar-refractivity contribution in [3.8, 4) is 0 Å². The normalized spacial score (nSPS) is 20.0. The van der Waals surface area contributed by atoms with Crippen molar-refractivity contribution < 1.29 is 27.1 Å². The lowest BCUT2D eigenvalue weighted by molar-refractivity contribution is -0.203. The smallest absolute Gasteiger partial charge is 0.330 e. The zero-order chi connectivity index (χ0) is 14.7. The molecule has 112 valence electrons. The highest BCUT2D eigenvalue weighted by atomic mass is 19.3. The number of Topliss-reactive ketones (excluding diaryl/α,β-unsaturated/α-hetero) is 1. The van der Waals surface area contributed by atoms with Crippen LogP contribution in [-0.4, -0.2) is 30.3 Å². The third-order valence-corrected chi connectivity index (χ3v) is 3.49. The Morgan fingerprint density at radius 2 is 1.74 bits per heavy atom. The van der Waals surface area contributed by atoms with E-state index in [9.17, 15) is 22.4 Å². The molecule has 0 aliphatic heterocycles. The summed E-state index contributed by atoms with van der Waals surface area (Å²) in [6, 6.07) is 0. The summed E-state index contributed by atoms with van der Waals surface area (Å²) in [7, 11) is 0. The maximum Gasteiger partial charge on any atom is 0.330 e. The molecular weight excluding hydrogens is 264 g/mol. The molecular formula is C13H20F4O2. The summed E-state index contributed by atoms with van der Waals surface area (Å²) in [5, 5.41) is 0. The van der Waals surface area contributed by atoms with Crippen LogP contribution in [0.25, 0.3) is 0 Å². The van der Waals surface area contributed by atoms with Crippen LogP contribution in [0, 0.1) is 5.92 Å². The van der Waals surface area contributed by atoms with Crippen LogP contribution >= 0.6 is 0 Å². The van der Waals surface area contributed by atoms with Gasteiger partial charge in [-0.1, -0.05) is 33.1 Å². The minimum absolute atomic E-state index is 0.266. The Balaban J connectivity index is 2.78. The maximum absolute atomic E-state index is 12.9. The van der Waals surface area contributed by atoms with Crippen molar-refractivity contribution in [2.45, 2.75) is 63.9 Å². The van der Waals surface area contributed by atoms with Gasteiger partial charge in [0.25, 0.3) is 0 Å². The molecule has 0 aromatic carbocycles. The van der Waals surface area contributed by atoms with Crippen LogP contribution in [0.2, 0.25) is 0 Å². The fourth-order valence-corrected chi connectivity index (χ4v) is 2.41. The Bertz CT molecular complexity index is 310. The van der Waals surface area contributed by atoms with Gasteiger partial charge in [0.1, 0.15) is 12.2 Å². The molecule has 19 heavy (non-hydrogen) atoms. The Labute approximate surface area is 110 Å². The molecule has 1 saturated carbocycles. The number of ether oxygens (including phenoxy) is 1. The molecule has 0 N–H and O–H groups in total. The van der Waals surface area contributed by atoms with Gasteiger partial charge in [-0.2, -0.15) is 8.78 Å². The van der Waals surface area contributed by atoms with E-state index in [2.05, 4.69) is 0 Å². The van der Waals surface area contributed by atoms with Gasteiger partial charge in [0.05, 0.1) is 0 Å². The van der Waals surface area contributed by atoms with Crippen molar-refractivity contribution in [1.29, 1.82) is 0 Å². The van der Waals surface area contributed by atoms with E-state index in [1.807, 2.05) is 0 Å². The van der Waals surface area contributed by atoms with Crippen LogP contribution in [0.1, 0.15) is 46.0 Å². The standard InChI is InChI=1S/C13H20F4O2/c1-9(2)10(18)12(6-4-3-5-7-12)19-8-13(16,17)11(14)15/h9,11H,3-8H2,1-2H3. The van der Waals surface area contributed by atoms with Crippen LogP contribution in [0.5, 0.6) is 0 Å². The quantitative estimate of drug-likeness (QED) is 0.693. The summed E-state index contributed by atoms with van der Waals surface area (Å²) in [5.74, 6) is -4.84. The molecule has 6 heteroatoms. The van der Waals surface area contributed by atoms with E-state index in [1.54, 1.807) is 13.8 Å². The van der Waals surface area contributed by atoms with Gasteiger partial charge in [-0.3, -0.25) is 4.79 Å². The SMILES string of the molecule is CC(C)C(=O)C1(OCC(F)(F)C(F)F)CCCCC1. The highest BCUT2D eigenvalue weighted by molar-refractivity contribution is 5.89. The van der Waals surface area contributed by atoms with Gasteiger partial charge in [0.2, 0.25) is 0 Å². The van der Waals surface area contributed by atoms with E-state index in [4.69, 9.17) is 4.74 Å². The summed E-state index contributed by atoms with van der Waals surface area (Å²) < 4.78 is 55.2. The minimum Gasteiger partial charge on any atom is -0.361 e. The minimum atomic E-state index is -4.21. The van der Waals surface area contributed by atoms with Crippen molar-refractivity contribution >= 4 is 5.78 Å². The molecule has 0 amide bonds. The monoisotopic (exact) mass is 284 g/mol. The molecule has 0 spiro atoms. The van der Waals surface area contributed by atoms with Gasteiger partial charge < -0.3 is 4.74 Å². The molecule has 0 bridgehead atoms. The van der Waals surface area contributed by atoms with Crippen molar-refractivity contribution in [3.05, 3.63) is 0 Å². The molecule has 0 saturated heterocycles. The van der Waals surface area contributed by atoms with Crippen LogP contribution in [0.15, 0.2) is 0 Å². The highest BCUT2D eigenvalue weighted by Crippen LogP contribution is 2.36. The Morgan fingerprint density at radius 1 is 1.21 bits per heavy atom. The number of hydrogen-bond donors (Lipinski definition) is 0. The second-order valence-corrected chi connectivity index (χ2v) is 5.42. The van der Waals surface area contributed by atoms with Crippen LogP contribution in [0.4, 0.5) is 17.6 Å². The largest absolute Gasteiger partial charge is 0.361 e. The average Bonchev–Trinajstić information content (AvgIpc) is 2.36. The first-order chi connectivity index (χ1) is 8.71. The van der Waals surface area contributed by atoms with Crippen LogP contribution < -0.4 is 0 Å². The Kier molecular flexibility index (Phi) is 5.35. The van der Waals surface area contributed by atoms with Crippen molar-refractivity contribution in [3.63, 3.8) is 0 Å². The predicted molar refractivity (Wildman–Crippen MR) is 62.6 cm³/mol. The summed E-state index contributed by atoms with van der Waals surface area (Å²) >= 11 is 0. The van der Waals surface area contributed by atoms with Crippen LogP contribution in [0.3, 0.4) is 0 Å². The van der Waals surface area contributed by atoms with Crippen molar-refractivity contribution in [2.24, 2.45) is 5.92 Å². The summed E-state index contributed by atoms with van der Waals surface area (Å²) in [5.41, 5.74) is -1.30. The van der Waals surface area contributed by atoms with Crippen molar-refractivity contribution in [1.82, 2.24) is 0 Å². The number of carbonyl (C=O) groups is 1. The lowest BCUT2D eigenvalue weighted by Crippen LogP contribution is -2.48. The van der Waals surface area contributed by atoms with E-state index in [0.717, 1.165) is 6.42 Å². The van der Waals surface area contributed by atoms with Crippen molar-refractivity contribution in [2.75, 3.05) is 6.61 Å². The van der Waals surface area contributed by atoms with E-state index < -0.39 is 24.6 Å². The maximum atomic E-state index is 12.9. The highest BCUT2D eigenvalue weighted by Gasteiger charge is 2.47. The lowest BCUT2D eigenvalue weighted by Gasteiger charge is -2.38. The molecule has 0 heterocycles. The zero-order valence-electron chi connectivity index (χ0n) is 11.2. The van der Waals surface area contributed by atoms with E-state index in [-0.39, 0.29) is 11.7 Å². The molecule has 0 atom stereocenters. The van der Waals surface area contributed by atoms with Gasteiger partial charge in [-0.15, -0.1) is 0 Å². The fourth-order valence-electron chi connectivity index (χ4n) is 2.41. The molecule has 0 unspecified atom stereocenters. The predicted octanol–water partition coefficient (Wildman–Crippen LogP) is 3.83. The molecule has 0 aromatic heterocycles. The third kappa shape index (κ3) is 3.91. The third-order valence-electron chi connectivity index (χ3n) is 3.49. The molecule has 1 fully saturated rings. The van der Waals surface area contributed by atoms with Gasteiger partial charge in [-0.25, -0.2) is 8.78 Å². The molecule has 2 nitrogen and oxygen atoms in total. The first-order valence-electron chi connectivity index (χ1n) is 6.55. The summed E-state index contributed by atoms with van der Waals surface area (Å²) in [4.78, 5) is 12.1. The second kappa shape index (κ2) is 6.20. The topological polar surface area (TPSA) is 26.3 Å². The van der Waals surface area contributed by atoms with Gasteiger partial charge in [-0.05, 0) is 12.8 Å².